The highest BCUT2D eigenvalue weighted by atomic mass is 19.1. The Balaban J connectivity index is 1.69. The topological polar surface area (TPSA) is 14.2 Å². The molecule has 0 saturated heterocycles. The summed E-state index contributed by atoms with van der Waals surface area (Å²) in [6, 6.07) is 18.8. The average molecular weight is 319 g/mol. The molecule has 3 aromatic rings. The predicted molar refractivity (Wildman–Crippen MR) is 93.3 cm³/mol. The molecule has 0 aliphatic heterocycles. The first-order chi connectivity index (χ1) is 11.8. The second-order valence-electron chi connectivity index (χ2n) is 5.90. The Kier molecular flexibility index (Phi) is 3.91. The highest BCUT2D eigenvalue weighted by Gasteiger charge is 2.10. The lowest BCUT2D eigenvalue weighted by Gasteiger charge is -2.13. The van der Waals surface area contributed by atoms with Gasteiger partial charge in [0.05, 0.1) is 5.35 Å². The van der Waals surface area contributed by atoms with Crippen molar-refractivity contribution in [2.75, 3.05) is 0 Å². The molecule has 0 unspecified atom stereocenters. The molecule has 1 aliphatic rings. The lowest BCUT2D eigenvalue weighted by molar-refractivity contribution is 0.248. The highest BCUT2D eigenvalue weighted by Crippen LogP contribution is 2.14. The van der Waals surface area contributed by atoms with Crippen molar-refractivity contribution in [3.8, 4) is 5.69 Å². The molecule has 0 fully saturated rings. The summed E-state index contributed by atoms with van der Waals surface area (Å²) < 4.78 is 21.3. The van der Waals surface area contributed by atoms with Crippen LogP contribution in [0.5, 0.6) is 0 Å². The summed E-state index contributed by atoms with van der Waals surface area (Å²) in [6.07, 6.45) is 6.09. The smallest absolute Gasteiger partial charge is 0.123 e. The molecule has 24 heavy (non-hydrogen) atoms. The summed E-state index contributed by atoms with van der Waals surface area (Å²) in [5.74, 6) is 0.805. The minimum Gasteiger partial charge on any atom is -0.493 e. The molecule has 2 nitrogen and oxygen atoms in total. The first-order valence-corrected chi connectivity index (χ1v) is 8.15. The van der Waals surface area contributed by atoms with E-state index in [1.165, 1.54) is 17.7 Å². The molecule has 0 amide bonds. The van der Waals surface area contributed by atoms with Gasteiger partial charge >= 0.3 is 0 Å². The monoisotopic (exact) mass is 319 g/mol. The third-order valence-electron chi connectivity index (χ3n) is 4.30. The zero-order valence-electron chi connectivity index (χ0n) is 13.3. The third kappa shape index (κ3) is 2.85. The van der Waals surface area contributed by atoms with Crippen molar-refractivity contribution >= 4 is 11.8 Å². The maximum Gasteiger partial charge on any atom is 0.123 e. The molecular weight excluding hydrogens is 301 g/mol. The third-order valence-corrected chi connectivity index (χ3v) is 4.30. The van der Waals surface area contributed by atoms with Crippen LogP contribution in [-0.4, -0.2) is 4.57 Å². The molecule has 0 radical (unpaired) electrons. The number of benzene rings is 2. The number of hydrogen-bond donors (Lipinski definition) is 0. The molecule has 2 aromatic carbocycles. The van der Waals surface area contributed by atoms with E-state index >= 15 is 0 Å². The largest absolute Gasteiger partial charge is 0.493 e. The van der Waals surface area contributed by atoms with Crippen LogP contribution >= 0.6 is 0 Å². The zero-order chi connectivity index (χ0) is 16.4. The molecule has 1 aromatic heterocycles. The van der Waals surface area contributed by atoms with E-state index in [0.717, 1.165) is 34.9 Å². The van der Waals surface area contributed by atoms with E-state index in [2.05, 4.69) is 28.8 Å². The fourth-order valence-electron chi connectivity index (χ4n) is 3.08. The first kappa shape index (κ1) is 14.8. The van der Waals surface area contributed by atoms with Gasteiger partial charge in [0.15, 0.2) is 0 Å². The van der Waals surface area contributed by atoms with Gasteiger partial charge in [-0.25, -0.2) is 4.39 Å². The van der Waals surface area contributed by atoms with Gasteiger partial charge in [0.25, 0.3) is 0 Å². The zero-order valence-corrected chi connectivity index (χ0v) is 13.3. The molecule has 1 aliphatic carbocycles. The fourth-order valence-corrected chi connectivity index (χ4v) is 3.08. The summed E-state index contributed by atoms with van der Waals surface area (Å²) in [4.78, 5) is 0. The number of aromatic nitrogens is 1. The maximum atomic E-state index is 13.1. The fraction of sp³-hybridized carbons (Fsp3) is 0.143. The van der Waals surface area contributed by atoms with Crippen LogP contribution in [0.3, 0.4) is 0 Å². The second-order valence-corrected chi connectivity index (χ2v) is 5.90. The summed E-state index contributed by atoms with van der Waals surface area (Å²) in [5, 5.41) is 2.25. The Bertz CT molecular complexity index is 955. The molecule has 0 N–H and O–H groups in total. The Morgan fingerprint density at radius 3 is 2.54 bits per heavy atom. The van der Waals surface area contributed by atoms with Crippen molar-refractivity contribution in [3.63, 3.8) is 0 Å². The Hall–Kier alpha value is -2.81. The van der Waals surface area contributed by atoms with Crippen molar-refractivity contribution < 1.29 is 9.13 Å². The summed E-state index contributed by atoms with van der Waals surface area (Å²) >= 11 is 0. The van der Waals surface area contributed by atoms with Gasteiger partial charge in [-0.2, -0.15) is 0 Å². The molecule has 0 bridgehead atoms. The number of fused-ring (bicyclic) bond motifs is 1. The molecule has 3 heteroatoms. The van der Waals surface area contributed by atoms with Crippen LogP contribution in [0, 0.1) is 5.82 Å². The Morgan fingerprint density at radius 2 is 1.75 bits per heavy atom. The van der Waals surface area contributed by atoms with Crippen LogP contribution in [0.4, 0.5) is 4.39 Å². The second kappa shape index (κ2) is 6.36. The number of nitrogens with zero attached hydrogens (tertiary/aromatic N) is 1. The van der Waals surface area contributed by atoms with Gasteiger partial charge in [-0.1, -0.05) is 36.4 Å². The number of ether oxygens (including phenoxy) is 1. The number of hydrogen-bond acceptors (Lipinski definition) is 1. The van der Waals surface area contributed by atoms with E-state index in [-0.39, 0.29) is 5.82 Å². The minimum atomic E-state index is -0.220. The van der Waals surface area contributed by atoms with E-state index < -0.39 is 0 Å². The van der Waals surface area contributed by atoms with Crippen LogP contribution < -0.4 is 10.6 Å². The van der Waals surface area contributed by atoms with Crippen molar-refractivity contribution in [3.05, 3.63) is 88.8 Å². The molecular formula is C21H18FNO. The SMILES string of the molecule is Fc1ccc(-n2ccc3c2=CCCC=3OCc2ccccc2)cc1. The van der Waals surface area contributed by atoms with Crippen LogP contribution in [0.15, 0.2) is 66.9 Å². The van der Waals surface area contributed by atoms with Gasteiger partial charge in [-0.15, -0.1) is 0 Å². The van der Waals surface area contributed by atoms with Gasteiger partial charge in [0.2, 0.25) is 0 Å². The van der Waals surface area contributed by atoms with Crippen molar-refractivity contribution in [2.24, 2.45) is 0 Å². The van der Waals surface area contributed by atoms with Crippen LogP contribution in [-0.2, 0) is 11.3 Å². The molecule has 120 valence electrons. The van der Waals surface area contributed by atoms with E-state index in [0.29, 0.717) is 6.61 Å². The standard InChI is InChI=1S/C21H18FNO/c22-17-9-11-18(12-10-17)23-14-13-19-20(23)7-4-8-21(19)24-15-16-5-2-1-3-6-16/h1-3,5-7,9-14H,4,8,15H2. The van der Waals surface area contributed by atoms with Gasteiger partial charge in [-0.3, -0.25) is 0 Å². The predicted octanol–water partition coefficient (Wildman–Crippen LogP) is 3.52. The van der Waals surface area contributed by atoms with Gasteiger partial charge in [0.1, 0.15) is 18.2 Å². The molecule has 0 atom stereocenters. The lowest BCUT2D eigenvalue weighted by atomic mass is 10.1. The van der Waals surface area contributed by atoms with E-state index in [1.54, 1.807) is 12.1 Å². The van der Waals surface area contributed by atoms with Gasteiger partial charge < -0.3 is 9.30 Å². The van der Waals surface area contributed by atoms with E-state index in [1.807, 2.05) is 24.4 Å². The lowest BCUT2D eigenvalue weighted by Crippen LogP contribution is -2.32. The molecule has 0 saturated carbocycles. The minimum absolute atomic E-state index is 0.220. The molecule has 0 spiro atoms. The number of rotatable bonds is 4. The van der Waals surface area contributed by atoms with Crippen LogP contribution in [0.25, 0.3) is 17.5 Å². The summed E-state index contributed by atoms with van der Waals surface area (Å²) in [6.45, 7) is 0.581. The number of halogens is 1. The highest BCUT2D eigenvalue weighted by molar-refractivity contribution is 5.47. The van der Waals surface area contributed by atoms with Gasteiger partial charge in [-0.05, 0) is 42.3 Å². The van der Waals surface area contributed by atoms with Crippen LogP contribution in [0.2, 0.25) is 0 Å². The van der Waals surface area contributed by atoms with Gasteiger partial charge in [0, 0.05) is 23.5 Å². The molecule has 4 rings (SSSR count). The van der Waals surface area contributed by atoms with Crippen molar-refractivity contribution in [2.45, 2.75) is 19.4 Å². The normalized spacial score (nSPS) is 13.3. The van der Waals surface area contributed by atoms with E-state index in [4.69, 9.17) is 4.74 Å². The Labute approximate surface area is 140 Å². The van der Waals surface area contributed by atoms with Crippen LogP contribution in [0.1, 0.15) is 18.4 Å². The van der Waals surface area contributed by atoms with Crippen molar-refractivity contribution in [1.82, 2.24) is 4.57 Å². The molecule has 1 heterocycles. The summed E-state index contributed by atoms with van der Waals surface area (Å²) in [5.41, 5.74) is 2.12. The quantitative estimate of drug-likeness (QED) is 0.718. The Morgan fingerprint density at radius 1 is 0.958 bits per heavy atom. The maximum absolute atomic E-state index is 13.1. The van der Waals surface area contributed by atoms with E-state index in [9.17, 15) is 4.39 Å². The van der Waals surface area contributed by atoms with Crippen molar-refractivity contribution in [1.29, 1.82) is 0 Å². The summed E-state index contributed by atoms with van der Waals surface area (Å²) in [7, 11) is 0. The average Bonchev–Trinajstić information content (AvgIpc) is 3.06. The first-order valence-electron chi connectivity index (χ1n) is 8.15.